The van der Waals surface area contributed by atoms with Gasteiger partial charge in [0, 0.05) is 18.6 Å². The zero-order valence-electron chi connectivity index (χ0n) is 18.9. The maximum Gasteiger partial charge on any atom is 0.237 e. The van der Waals surface area contributed by atoms with Crippen molar-refractivity contribution < 1.29 is 18.8 Å². The number of piperazine rings is 1. The van der Waals surface area contributed by atoms with E-state index in [2.05, 4.69) is 22.2 Å². The first-order valence-corrected chi connectivity index (χ1v) is 11.3. The Morgan fingerprint density at radius 3 is 2.53 bits per heavy atom. The normalized spacial score (nSPS) is 18.8. The topological polar surface area (TPSA) is 102 Å². The van der Waals surface area contributed by atoms with Crippen LogP contribution in [0.1, 0.15) is 54.7 Å². The summed E-state index contributed by atoms with van der Waals surface area (Å²) in [4.78, 5) is 28.1. The summed E-state index contributed by atoms with van der Waals surface area (Å²) in [5.74, 6) is 1.07. The molecule has 0 bridgehead atoms. The van der Waals surface area contributed by atoms with Crippen LogP contribution in [-0.4, -0.2) is 51.9 Å². The van der Waals surface area contributed by atoms with E-state index in [1.807, 2.05) is 26.0 Å². The van der Waals surface area contributed by atoms with Gasteiger partial charge in [-0.3, -0.25) is 14.5 Å². The molecule has 2 aromatic rings. The molecule has 2 heterocycles. The quantitative estimate of drug-likeness (QED) is 0.710. The minimum Gasteiger partial charge on any atom is -0.489 e. The van der Waals surface area contributed by atoms with Gasteiger partial charge in [0.1, 0.15) is 18.1 Å². The predicted octanol–water partition coefficient (Wildman–Crippen LogP) is 2.70. The second-order valence-electron chi connectivity index (χ2n) is 9.09. The number of hydrogen-bond donors (Lipinski definition) is 1. The van der Waals surface area contributed by atoms with Crippen LogP contribution in [0.4, 0.5) is 0 Å². The molecule has 2 fully saturated rings. The second kappa shape index (κ2) is 9.32. The molecule has 1 aliphatic carbocycles. The summed E-state index contributed by atoms with van der Waals surface area (Å²) >= 11 is 0. The largest absolute Gasteiger partial charge is 0.489 e. The van der Waals surface area contributed by atoms with E-state index >= 15 is 0 Å². The monoisotopic (exact) mass is 440 g/mol. The zero-order chi connectivity index (χ0) is 22.7. The lowest BCUT2D eigenvalue weighted by molar-refractivity contribution is -0.148. The van der Waals surface area contributed by atoms with E-state index in [1.165, 1.54) is 6.42 Å². The van der Waals surface area contributed by atoms with E-state index in [0.717, 1.165) is 54.0 Å². The Hall–Kier alpha value is -2.87. The van der Waals surface area contributed by atoms with E-state index in [0.29, 0.717) is 26.2 Å². The number of aromatic nitrogens is 1. The Balaban J connectivity index is 1.43. The third-order valence-electron chi connectivity index (χ3n) is 6.83. The number of benzene rings is 1. The van der Waals surface area contributed by atoms with Crippen molar-refractivity contribution in [1.82, 2.24) is 15.0 Å². The maximum atomic E-state index is 12.7. The van der Waals surface area contributed by atoms with E-state index in [-0.39, 0.29) is 18.0 Å². The Kier molecular flexibility index (Phi) is 6.50. The van der Waals surface area contributed by atoms with Gasteiger partial charge in [-0.1, -0.05) is 36.6 Å². The third-order valence-corrected chi connectivity index (χ3v) is 6.83. The van der Waals surface area contributed by atoms with E-state index in [9.17, 15) is 9.59 Å². The molecule has 4 rings (SSSR count). The van der Waals surface area contributed by atoms with Gasteiger partial charge in [-0.2, -0.15) is 0 Å². The smallest absolute Gasteiger partial charge is 0.237 e. The van der Waals surface area contributed by atoms with E-state index in [4.69, 9.17) is 15.0 Å². The summed E-state index contributed by atoms with van der Waals surface area (Å²) in [6.45, 7) is 5.80. The lowest BCUT2D eigenvalue weighted by atomic mass is 9.78. The number of amides is 2. The molecular weight excluding hydrogens is 408 g/mol. The molecule has 32 heavy (non-hydrogen) atoms. The zero-order valence-corrected chi connectivity index (χ0v) is 18.9. The van der Waals surface area contributed by atoms with Gasteiger partial charge < -0.3 is 19.9 Å². The van der Waals surface area contributed by atoms with Crippen molar-refractivity contribution in [3.63, 3.8) is 0 Å². The summed E-state index contributed by atoms with van der Waals surface area (Å²) in [6.07, 6.45) is 5.58. The summed E-state index contributed by atoms with van der Waals surface area (Å²) in [5.41, 5.74) is 8.25. The summed E-state index contributed by atoms with van der Waals surface area (Å²) in [7, 11) is 0. The fourth-order valence-electron chi connectivity index (χ4n) is 4.99. The van der Waals surface area contributed by atoms with Crippen LogP contribution in [0.5, 0.6) is 5.75 Å². The predicted molar refractivity (Wildman–Crippen MR) is 119 cm³/mol. The number of nitrogens with two attached hydrogens (primary N) is 1. The molecule has 0 atom stereocenters. The molecule has 1 aromatic carbocycles. The molecule has 1 saturated heterocycles. The van der Waals surface area contributed by atoms with Crippen LogP contribution in [0.3, 0.4) is 0 Å². The molecular formula is C24H32N4O4. The Morgan fingerprint density at radius 2 is 1.91 bits per heavy atom. The lowest BCUT2D eigenvalue weighted by Crippen LogP contribution is -2.65. The molecule has 2 amide bonds. The first kappa shape index (κ1) is 22.3. The van der Waals surface area contributed by atoms with Crippen LogP contribution in [-0.2, 0) is 22.7 Å². The molecule has 1 aromatic heterocycles. The maximum absolute atomic E-state index is 12.7. The van der Waals surface area contributed by atoms with Gasteiger partial charge in [0.2, 0.25) is 11.8 Å². The first-order chi connectivity index (χ1) is 15.4. The van der Waals surface area contributed by atoms with Gasteiger partial charge in [-0.05, 0) is 44.4 Å². The molecule has 8 heteroatoms. The van der Waals surface area contributed by atoms with Gasteiger partial charge in [0.05, 0.1) is 24.3 Å². The number of nitrogens with zero attached hydrogens (tertiary/aromatic N) is 3. The highest BCUT2D eigenvalue weighted by Crippen LogP contribution is 2.38. The molecule has 2 N–H and O–H groups in total. The lowest BCUT2D eigenvalue weighted by Gasteiger charge is -2.52. The van der Waals surface area contributed by atoms with E-state index < -0.39 is 5.91 Å². The number of carbonyl (C=O) groups excluding carboxylic acids is 2. The average Bonchev–Trinajstić information content (AvgIpc) is 3.09. The van der Waals surface area contributed by atoms with Crippen LogP contribution in [0.2, 0.25) is 0 Å². The number of carbonyl (C=O) groups is 2. The molecule has 0 radical (unpaired) electrons. The van der Waals surface area contributed by atoms with Crippen LogP contribution in [0.25, 0.3) is 0 Å². The van der Waals surface area contributed by atoms with Crippen molar-refractivity contribution in [3.05, 3.63) is 46.8 Å². The first-order valence-electron chi connectivity index (χ1n) is 11.3. The van der Waals surface area contributed by atoms with Gasteiger partial charge in [0.25, 0.3) is 0 Å². The molecule has 1 saturated carbocycles. The SMILES string of the molecule is Cc1noc(C)c1COc1ccc(CN2CC(=O)N(CC(N)=O)CC23CCCCC3)cc1. The number of ether oxygens (including phenoxy) is 1. The van der Waals surface area contributed by atoms with Crippen LogP contribution in [0, 0.1) is 13.8 Å². The fourth-order valence-corrected chi connectivity index (χ4v) is 4.99. The third kappa shape index (κ3) is 4.80. The minimum atomic E-state index is -0.454. The Labute approximate surface area is 188 Å². The van der Waals surface area contributed by atoms with Gasteiger partial charge >= 0.3 is 0 Å². The molecule has 1 spiro atoms. The standard InChI is InChI=1S/C24H32N4O4/c1-17-21(18(2)32-26-17)15-31-20-8-6-19(7-9-20)12-28-14-23(30)27(13-22(25)29)16-24(28)10-4-3-5-11-24/h6-9H,3-5,10-16H2,1-2H3,(H2,25,29). The summed E-state index contributed by atoms with van der Waals surface area (Å²) in [6, 6.07) is 8.04. The number of aryl methyl sites for hydroxylation is 2. The van der Waals surface area contributed by atoms with Crippen LogP contribution >= 0.6 is 0 Å². The van der Waals surface area contributed by atoms with E-state index in [1.54, 1.807) is 4.90 Å². The molecule has 2 aliphatic rings. The van der Waals surface area contributed by atoms with Crippen molar-refractivity contribution >= 4 is 11.8 Å². The number of rotatable bonds is 7. The minimum absolute atomic E-state index is 0.00555. The average molecular weight is 441 g/mol. The van der Waals surface area contributed by atoms with Crippen LogP contribution in [0.15, 0.2) is 28.8 Å². The van der Waals surface area contributed by atoms with Crippen molar-refractivity contribution in [1.29, 1.82) is 0 Å². The van der Waals surface area contributed by atoms with Crippen molar-refractivity contribution in [2.45, 2.75) is 64.6 Å². The van der Waals surface area contributed by atoms with Crippen LogP contribution < -0.4 is 10.5 Å². The fraction of sp³-hybridized carbons (Fsp3) is 0.542. The van der Waals surface area contributed by atoms with Gasteiger partial charge in [-0.25, -0.2) is 0 Å². The van der Waals surface area contributed by atoms with Crippen molar-refractivity contribution in [2.24, 2.45) is 5.73 Å². The van der Waals surface area contributed by atoms with Gasteiger partial charge in [0.15, 0.2) is 0 Å². The van der Waals surface area contributed by atoms with Gasteiger partial charge in [-0.15, -0.1) is 0 Å². The number of hydrogen-bond acceptors (Lipinski definition) is 6. The highest BCUT2D eigenvalue weighted by atomic mass is 16.5. The second-order valence-corrected chi connectivity index (χ2v) is 9.09. The summed E-state index contributed by atoms with van der Waals surface area (Å²) < 4.78 is 11.1. The van der Waals surface area contributed by atoms with Crippen molar-refractivity contribution in [3.8, 4) is 5.75 Å². The Bertz CT molecular complexity index is 943. The molecule has 0 unspecified atom stereocenters. The molecule has 1 aliphatic heterocycles. The Morgan fingerprint density at radius 1 is 1.19 bits per heavy atom. The highest BCUT2D eigenvalue weighted by molar-refractivity contribution is 5.85. The van der Waals surface area contributed by atoms with Crippen molar-refractivity contribution in [2.75, 3.05) is 19.6 Å². The highest BCUT2D eigenvalue weighted by Gasteiger charge is 2.45. The number of primary amides is 1. The molecule has 172 valence electrons. The summed E-state index contributed by atoms with van der Waals surface area (Å²) in [5, 5.41) is 3.96. The molecule has 8 nitrogen and oxygen atoms in total.